The van der Waals surface area contributed by atoms with E-state index in [9.17, 15) is 17.6 Å². The van der Waals surface area contributed by atoms with E-state index in [1.165, 1.54) is 18.5 Å². The van der Waals surface area contributed by atoms with Crippen molar-refractivity contribution < 1.29 is 22.0 Å². The highest BCUT2D eigenvalue weighted by Crippen LogP contribution is 2.44. The van der Waals surface area contributed by atoms with Crippen molar-refractivity contribution in [2.45, 2.75) is 31.2 Å². The molecule has 2 heterocycles. The fourth-order valence-corrected chi connectivity index (χ4v) is 3.01. The molecule has 1 saturated carbocycles. The lowest BCUT2D eigenvalue weighted by Gasteiger charge is -2.43. The molecule has 1 aliphatic carbocycles. The van der Waals surface area contributed by atoms with Crippen LogP contribution in [0, 0.1) is 11.6 Å². The van der Waals surface area contributed by atoms with Crippen LogP contribution in [0.1, 0.15) is 37.1 Å². The first-order valence-electron chi connectivity index (χ1n) is 8.14. The van der Waals surface area contributed by atoms with Gasteiger partial charge in [-0.05, 0) is 37.5 Å². The maximum Gasteiger partial charge on any atom is 0.314 e. The van der Waals surface area contributed by atoms with Crippen LogP contribution in [0.15, 0.2) is 35.0 Å². The van der Waals surface area contributed by atoms with Gasteiger partial charge in [-0.2, -0.15) is 8.78 Å². The largest absolute Gasteiger partial charge is 0.415 e. The third kappa shape index (κ3) is 3.22. The number of hydrogen-bond donors (Lipinski definition) is 1. The van der Waals surface area contributed by atoms with Gasteiger partial charge in [0.1, 0.15) is 11.6 Å². The van der Waals surface area contributed by atoms with Gasteiger partial charge in [-0.25, -0.2) is 18.7 Å². The van der Waals surface area contributed by atoms with Gasteiger partial charge in [0, 0.05) is 18.0 Å². The monoisotopic (exact) mass is 379 g/mol. The quantitative estimate of drug-likeness (QED) is 0.669. The predicted molar refractivity (Wildman–Crippen MR) is 85.8 cm³/mol. The summed E-state index contributed by atoms with van der Waals surface area (Å²) in [6.45, 7) is 0. The smallest absolute Gasteiger partial charge is 0.314 e. The molecule has 140 valence electrons. The summed E-state index contributed by atoms with van der Waals surface area (Å²) in [7, 11) is 0. The molecule has 0 aliphatic heterocycles. The van der Waals surface area contributed by atoms with Gasteiger partial charge >= 0.3 is 6.43 Å². The van der Waals surface area contributed by atoms with Gasteiger partial charge in [0.25, 0.3) is 11.8 Å². The highest BCUT2D eigenvalue weighted by Gasteiger charge is 2.41. The molecular formula is C17H13F4N5O. The third-order valence-electron chi connectivity index (χ3n) is 4.53. The minimum atomic E-state index is -2.87. The van der Waals surface area contributed by atoms with E-state index in [4.69, 9.17) is 4.42 Å². The van der Waals surface area contributed by atoms with Gasteiger partial charge < -0.3 is 9.73 Å². The average Bonchev–Trinajstić information content (AvgIpc) is 3.11. The van der Waals surface area contributed by atoms with Crippen molar-refractivity contribution in [2.24, 2.45) is 0 Å². The van der Waals surface area contributed by atoms with Crippen LogP contribution in [0.5, 0.6) is 0 Å². The van der Waals surface area contributed by atoms with E-state index in [1.54, 1.807) is 0 Å². The lowest BCUT2D eigenvalue weighted by Crippen LogP contribution is -2.43. The van der Waals surface area contributed by atoms with Gasteiger partial charge in [0.2, 0.25) is 5.95 Å². The van der Waals surface area contributed by atoms with Gasteiger partial charge in [-0.15, -0.1) is 10.2 Å². The molecule has 0 unspecified atom stereocenters. The lowest BCUT2D eigenvalue weighted by molar-refractivity contribution is 0.116. The zero-order valence-corrected chi connectivity index (χ0v) is 13.8. The summed E-state index contributed by atoms with van der Waals surface area (Å²) in [5.74, 6) is -1.77. The average molecular weight is 379 g/mol. The Morgan fingerprint density at radius 1 is 1.07 bits per heavy atom. The van der Waals surface area contributed by atoms with Gasteiger partial charge in [-0.3, -0.25) is 0 Å². The highest BCUT2D eigenvalue weighted by atomic mass is 19.3. The Hall–Kier alpha value is -3.04. The Morgan fingerprint density at radius 2 is 1.81 bits per heavy atom. The molecule has 1 aliphatic rings. The van der Waals surface area contributed by atoms with E-state index in [0.29, 0.717) is 12.8 Å². The fraction of sp³-hybridized carbons (Fsp3) is 0.294. The van der Waals surface area contributed by atoms with E-state index in [0.717, 1.165) is 18.6 Å². The zero-order chi connectivity index (χ0) is 19.0. The zero-order valence-electron chi connectivity index (χ0n) is 13.8. The predicted octanol–water partition coefficient (Wildman–Crippen LogP) is 4.23. The Kier molecular flexibility index (Phi) is 4.25. The second-order valence-electron chi connectivity index (χ2n) is 6.23. The molecular weight excluding hydrogens is 366 g/mol. The van der Waals surface area contributed by atoms with Crippen LogP contribution >= 0.6 is 0 Å². The van der Waals surface area contributed by atoms with Crippen LogP contribution in [0.3, 0.4) is 0 Å². The SMILES string of the molecule is Fc1ccc(F)c(C2(Nc3ncc(-c4nnc(C(F)F)o4)cn3)CCC2)c1. The van der Waals surface area contributed by atoms with Crippen LogP contribution in [0.4, 0.5) is 23.5 Å². The minimum absolute atomic E-state index is 0.133. The van der Waals surface area contributed by atoms with Crippen molar-refractivity contribution in [3.8, 4) is 11.5 Å². The number of nitrogens with zero attached hydrogens (tertiary/aromatic N) is 4. The molecule has 3 aromatic rings. The molecule has 1 aromatic carbocycles. The number of benzene rings is 1. The summed E-state index contributed by atoms with van der Waals surface area (Å²) >= 11 is 0. The summed E-state index contributed by atoms with van der Waals surface area (Å²) in [5, 5.41) is 9.82. The van der Waals surface area contributed by atoms with Crippen LogP contribution in [0.25, 0.3) is 11.5 Å². The maximum atomic E-state index is 14.2. The topological polar surface area (TPSA) is 76.7 Å². The number of hydrogen-bond acceptors (Lipinski definition) is 6. The van der Waals surface area contributed by atoms with E-state index >= 15 is 0 Å². The van der Waals surface area contributed by atoms with Gasteiger partial charge in [-0.1, -0.05) is 0 Å². The normalized spacial score (nSPS) is 15.6. The number of halogens is 4. The molecule has 0 amide bonds. The van der Waals surface area contributed by atoms with Crippen LogP contribution < -0.4 is 5.32 Å². The second kappa shape index (κ2) is 6.60. The summed E-state index contributed by atoms with van der Waals surface area (Å²) in [5.41, 5.74) is -0.305. The Morgan fingerprint density at radius 3 is 2.41 bits per heavy atom. The molecule has 0 spiro atoms. The number of aromatic nitrogens is 4. The summed E-state index contributed by atoms with van der Waals surface area (Å²) in [6, 6.07) is 3.32. The van der Waals surface area contributed by atoms with E-state index in [-0.39, 0.29) is 23.0 Å². The molecule has 10 heteroatoms. The van der Waals surface area contributed by atoms with Crippen molar-refractivity contribution in [1.29, 1.82) is 0 Å². The van der Waals surface area contributed by atoms with Crippen molar-refractivity contribution in [1.82, 2.24) is 20.2 Å². The lowest BCUT2D eigenvalue weighted by atomic mass is 9.71. The fourth-order valence-electron chi connectivity index (χ4n) is 3.01. The molecule has 4 rings (SSSR count). The van der Waals surface area contributed by atoms with Crippen molar-refractivity contribution in [3.63, 3.8) is 0 Å². The Bertz CT molecular complexity index is 956. The van der Waals surface area contributed by atoms with Crippen molar-refractivity contribution in [2.75, 3.05) is 5.32 Å². The van der Waals surface area contributed by atoms with E-state index < -0.39 is 29.5 Å². The minimum Gasteiger partial charge on any atom is -0.415 e. The van der Waals surface area contributed by atoms with E-state index in [1.807, 2.05) is 0 Å². The Balaban J connectivity index is 1.57. The van der Waals surface area contributed by atoms with Crippen molar-refractivity contribution >= 4 is 5.95 Å². The highest BCUT2D eigenvalue weighted by molar-refractivity contribution is 5.51. The molecule has 27 heavy (non-hydrogen) atoms. The standard InChI is InChI=1S/C17H13F4N5O/c18-10-2-3-12(19)11(6-10)17(4-1-5-17)24-16-22-7-9(8-23-16)14-25-26-15(27-14)13(20)21/h2-3,6-8,13H,1,4-5H2,(H,22,23,24). The summed E-state index contributed by atoms with van der Waals surface area (Å²) < 4.78 is 57.7. The van der Waals surface area contributed by atoms with Crippen LogP contribution in [-0.2, 0) is 5.54 Å². The summed E-state index contributed by atoms with van der Waals surface area (Å²) in [4.78, 5) is 8.20. The molecule has 0 radical (unpaired) electrons. The molecule has 2 aromatic heterocycles. The Labute approximate surface area is 150 Å². The number of rotatable bonds is 5. The molecule has 6 nitrogen and oxygen atoms in total. The molecule has 1 fully saturated rings. The molecule has 1 N–H and O–H groups in total. The first-order valence-corrected chi connectivity index (χ1v) is 8.14. The molecule has 0 bridgehead atoms. The van der Waals surface area contributed by atoms with Gasteiger partial charge in [0.15, 0.2) is 0 Å². The van der Waals surface area contributed by atoms with Crippen molar-refractivity contribution in [3.05, 3.63) is 53.7 Å². The first kappa shape index (κ1) is 17.4. The maximum absolute atomic E-state index is 14.2. The number of nitrogens with one attached hydrogen (secondary N) is 1. The first-order chi connectivity index (χ1) is 13.0. The van der Waals surface area contributed by atoms with Crippen LogP contribution in [0.2, 0.25) is 0 Å². The molecule has 0 saturated heterocycles. The summed E-state index contributed by atoms with van der Waals surface area (Å²) in [6.07, 6.45) is 1.82. The third-order valence-corrected chi connectivity index (χ3v) is 4.53. The number of alkyl halides is 2. The van der Waals surface area contributed by atoms with E-state index in [2.05, 4.69) is 25.5 Å². The van der Waals surface area contributed by atoms with Crippen LogP contribution in [-0.4, -0.2) is 20.2 Å². The molecule has 0 atom stereocenters. The number of anilines is 1. The second-order valence-corrected chi connectivity index (χ2v) is 6.23. The van der Waals surface area contributed by atoms with Gasteiger partial charge in [0.05, 0.1) is 11.1 Å².